The number of amides is 1. The molecule has 0 spiro atoms. The second-order valence-electron chi connectivity index (χ2n) is 4.66. The van der Waals surface area contributed by atoms with E-state index in [0.29, 0.717) is 23.5 Å². The van der Waals surface area contributed by atoms with Crippen molar-refractivity contribution >= 4 is 23.3 Å². The molecule has 0 aliphatic carbocycles. The van der Waals surface area contributed by atoms with Crippen LogP contribution in [0.5, 0.6) is 0 Å². The average Bonchev–Trinajstić information content (AvgIpc) is 2.44. The van der Waals surface area contributed by atoms with Crippen molar-refractivity contribution in [1.82, 2.24) is 5.32 Å². The van der Waals surface area contributed by atoms with E-state index in [1.165, 1.54) is 7.11 Å². The van der Waals surface area contributed by atoms with Gasteiger partial charge in [0, 0.05) is 26.3 Å². The van der Waals surface area contributed by atoms with E-state index in [2.05, 4.69) is 5.32 Å². The molecule has 0 aliphatic rings. The number of nitrogens with one attached hydrogen (secondary N) is 1. The van der Waals surface area contributed by atoms with Crippen LogP contribution < -0.4 is 16.0 Å². The molecule has 1 rings (SSSR count). The highest BCUT2D eigenvalue weighted by molar-refractivity contribution is 5.97. The van der Waals surface area contributed by atoms with Gasteiger partial charge in [-0.05, 0) is 18.2 Å². The third kappa shape index (κ3) is 3.63. The van der Waals surface area contributed by atoms with Crippen LogP contribution in [0.15, 0.2) is 18.2 Å². The van der Waals surface area contributed by atoms with Crippen LogP contribution in [-0.4, -0.2) is 39.6 Å². The van der Waals surface area contributed by atoms with E-state index in [9.17, 15) is 9.59 Å². The summed E-state index contributed by atoms with van der Waals surface area (Å²) in [6.45, 7) is 2.30. The molecule has 1 aromatic rings. The first-order valence-electron chi connectivity index (χ1n) is 6.31. The third-order valence-corrected chi connectivity index (χ3v) is 3.08. The Hall–Kier alpha value is -2.24. The number of esters is 1. The van der Waals surface area contributed by atoms with E-state index >= 15 is 0 Å². The molecule has 0 saturated heterocycles. The number of hydrogen-bond donors (Lipinski definition) is 2. The van der Waals surface area contributed by atoms with E-state index in [4.69, 9.17) is 10.5 Å². The number of hydrogen-bond acceptors (Lipinski definition) is 5. The highest BCUT2D eigenvalue weighted by Gasteiger charge is 2.19. The maximum atomic E-state index is 11.8. The van der Waals surface area contributed by atoms with E-state index in [0.717, 1.165) is 0 Å². The maximum Gasteiger partial charge on any atom is 0.340 e. The van der Waals surface area contributed by atoms with Crippen molar-refractivity contribution < 1.29 is 14.3 Å². The molecule has 6 heteroatoms. The van der Waals surface area contributed by atoms with Gasteiger partial charge in [-0.1, -0.05) is 6.92 Å². The van der Waals surface area contributed by atoms with Crippen molar-refractivity contribution in [3.8, 4) is 0 Å². The normalized spacial score (nSPS) is 11.6. The van der Waals surface area contributed by atoms with E-state index in [1.807, 2.05) is 18.9 Å². The van der Waals surface area contributed by atoms with Crippen molar-refractivity contribution in [3.63, 3.8) is 0 Å². The van der Waals surface area contributed by atoms with Crippen LogP contribution in [0.2, 0.25) is 0 Å². The van der Waals surface area contributed by atoms with Gasteiger partial charge in [0.2, 0.25) is 5.91 Å². The molecule has 0 radical (unpaired) electrons. The number of nitrogen functional groups attached to an aromatic ring is 1. The quantitative estimate of drug-likeness (QED) is 0.617. The van der Waals surface area contributed by atoms with Gasteiger partial charge in [0.05, 0.1) is 24.3 Å². The predicted octanol–water partition coefficient (Wildman–Crippen LogP) is 0.874. The van der Waals surface area contributed by atoms with E-state index in [-0.39, 0.29) is 11.8 Å². The van der Waals surface area contributed by atoms with Crippen molar-refractivity contribution in [2.45, 2.75) is 6.92 Å². The number of methoxy groups -OCH3 is 1. The van der Waals surface area contributed by atoms with E-state index in [1.54, 1.807) is 25.2 Å². The molecule has 0 fully saturated rings. The lowest BCUT2D eigenvalue weighted by atomic mass is 10.1. The minimum atomic E-state index is -0.452. The van der Waals surface area contributed by atoms with Gasteiger partial charge in [0.25, 0.3) is 0 Å². The number of benzene rings is 1. The molecule has 0 aromatic heterocycles. The standard InChI is InChI=1S/C14H21N3O3/c1-9(13(18)16-2)8-17(3)12-6-5-10(15)7-11(12)14(19)20-4/h5-7,9H,8,15H2,1-4H3,(H,16,18). The molecule has 0 aliphatic heterocycles. The number of rotatable bonds is 5. The van der Waals surface area contributed by atoms with Crippen molar-refractivity contribution in [1.29, 1.82) is 0 Å². The van der Waals surface area contributed by atoms with Crippen molar-refractivity contribution in [2.24, 2.45) is 5.92 Å². The average molecular weight is 279 g/mol. The van der Waals surface area contributed by atoms with E-state index < -0.39 is 5.97 Å². The molecule has 0 bridgehead atoms. The fraction of sp³-hybridized carbons (Fsp3) is 0.429. The topological polar surface area (TPSA) is 84.7 Å². The fourth-order valence-electron chi connectivity index (χ4n) is 2.00. The first-order valence-corrected chi connectivity index (χ1v) is 6.31. The minimum Gasteiger partial charge on any atom is -0.465 e. The summed E-state index contributed by atoms with van der Waals surface area (Å²) in [5.41, 5.74) is 7.26. The molecule has 20 heavy (non-hydrogen) atoms. The van der Waals surface area contributed by atoms with Gasteiger partial charge in [-0.2, -0.15) is 0 Å². The van der Waals surface area contributed by atoms with Gasteiger partial charge in [-0.25, -0.2) is 4.79 Å². The highest BCUT2D eigenvalue weighted by atomic mass is 16.5. The lowest BCUT2D eigenvalue weighted by Gasteiger charge is -2.24. The highest BCUT2D eigenvalue weighted by Crippen LogP contribution is 2.23. The van der Waals surface area contributed by atoms with Crippen LogP contribution >= 0.6 is 0 Å². The van der Waals surface area contributed by atoms with Crippen molar-refractivity contribution in [3.05, 3.63) is 23.8 Å². The molecule has 1 aromatic carbocycles. The lowest BCUT2D eigenvalue weighted by Crippen LogP contribution is -2.35. The Morgan fingerprint density at radius 1 is 1.45 bits per heavy atom. The molecular weight excluding hydrogens is 258 g/mol. The SMILES string of the molecule is CNC(=O)C(C)CN(C)c1ccc(N)cc1C(=O)OC. The van der Waals surface area contributed by atoms with Gasteiger partial charge in [0.1, 0.15) is 0 Å². The molecule has 0 saturated carbocycles. The van der Waals surface area contributed by atoms with Gasteiger partial charge in [-0.3, -0.25) is 4.79 Å². The second kappa shape index (κ2) is 6.79. The second-order valence-corrected chi connectivity index (χ2v) is 4.66. The van der Waals surface area contributed by atoms with Crippen LogP contribution in [0.1, 0.15) is 17.3 Å². The Kier molecular flexibility index (Phi) is 5.37. The van der Waals surface area contributed by atoms with Gasteiger partial charge in [0.15, 0.2) is 0 Å². The Labute approximate surface area is 118 Å². The zero-order chi connectivity index (χ0) is 15.3. The molecule has 1 amide bonds. The summed E-state index contributed by atoms with van der Waals surface area (Å²) in [5, 5.41) is 2.60. The first kappa shape index (κ1) is 15.8. The summed E-state index contributed by atoms with van der Waals surface area (Å²) in [6, 6.07) is 5.03. The first-order chi connectivity index (χ1) is 9.40. The Bertz CT molecular complexity index is 502. The monoisotopic (exact) mass is 279 g/mol. The molecule has 0 heterocycles. The number of nitrogens with two attached hydrogens (primary N) is 1. The van der Waals surface area contributed by atoms with Gasteiger partial charge < -0.3 is 20.7 Å². The molecule has 1 atom stereocenters. The zero-order valence-electron chi connectivity index (χ0n) is 12.3. The van der Waals surface area contributed by atoms with Crippen LogP contribution in [0.4, 0.5) is 11.4 Å². The van der Waals surface area contributed by atoms with Crippen LogP contribution in [0.25, 0.3) is 0 Å². The van der Waals surface area contributed by atoms with Crippen LogP contribution in [0, 0.1) is 5.92 Å². The third-order valence-electron chi connectivity index (χ3n) is 3.08. The maximum absolute atomic E-state index is 11.8. The van der Waals surface area contributed by atoms with Crippen LogP contribution in [0.3, 0.4) is 0 Å². The van der Waals surface area contributed by atoms with Gasteiger partial charge in [-0.15, -0.1) is 0 Å². The summed E-state index contributed by atoms with van der Waals surface area (Å²) < 4.78 is 4.76. The predicted molar refractivity (Wildman–Crippen MR) is 78.7 cm³/mol. The Morgan fingerprint density at radius 3 is 2.65 bits per heavy atom. The van der Waals surface area contributed by atoms with Crippen molar-refractivity contribution in [2.75, 3.05) is 38.4 Å². The smallest absolute Gasteiger partial charge is 0.340 e. The Morgan fingerprint density at radius 2 is 2.10 bits per heavy atom. The van der Waals surface area contributed by atoms with Crippen LogP contribution in [-0.2, 0) is 9.53 Å². The zero-order valence-corrected chi connectivity index (χ0v) is 12.3. The largest absolute Gasteiger partial charge is 0.465 e. The summed E-state index contributed by atoms with van der Waals surface area (Å²) in [5.74, 6) is -0.702. The number of carbonyl (C=O) groups excluding carboxylic acids is 2. The summed E-state index contributed by atoms with van der Waals surface area (Å²) in [6.07, 6.45) is 0. The molecule has 6 nitrogen and oxygen atoms in total. The fourth-order valence-corrected chi connectivity index (χ4v) is 2.00. The number of ether oxygens (including phenoxy) is 1. The molecule has 3 N–H and O–H groups in total. The number of nitrogens with zero attached hydrogens (tertiary/aromatic N) is 1. The van der Waals surface area contributed by atoms with Gasteiger partial charge >= 0.3 is 5.97 Å². The number of carbonyl (C=O) groups is 2. The minimum absolute atomic E-state index is 0.0492. The molecule has 1 unspecified atom stereocenters. The Balaban J connectivity index is 3.00. The summed E-state index contributed by atoms with van der Waals surface area (Å²) >= 11 is 0. The number of anilines is 2. The summed E-state index contributed by atoms with van der Waals surface area (Å²) in [4.78, 5) is 25.2. The molecule has 110 valence electrons. The molecular formula is C14H21N3O3. The summed E-state index contributed by atoms with van der Waals surface area (Å²) in [7, 11) is 4.74. The lowest BCUT2D eigenvalue weighted by molar-refractivity contribution is -0.123.